The van der Waals surface area contributed by atoms with E-state index in [1.54, 1.807) is 0 Å². The minimum atomic E-state index is -0.457. The Kier molecular flexibility index (Phi) is 7.37. The predicted molar refractivity (Wildman–Crippen MR) is 52.0 cm³/mol. The molecule has 0 aliphatic rings. The van der Waals surface area contributed by atoms with E-state index >= 15 is 0 Å². The van der Waals surface area contributed by atoms with Crippen LogP contribution in [0.2, 0.25) is 0 Å². The molecule has 3 heteroatoms. The fourth-order valence-corrected chi connectivity index (χ4v) is 0.552. The maximum absolute atomic E-state index is 11.4. The molecule has 0 aliphatic carbocycles. The van der Waals surface area contributed by atoms with Crippen LogP contribution in [0.5, 0.6) is 0 Å². The van der Waals surface area contributed by atoms with Gasteiger partial charge in [-0.3, -0.25) is 4.79 Å². The Hall–Kier alpha value is 1.02. The quantitative estimate of drug-likeness (QED) is 0.447. The molecule has 2 nitrogen and oxygen atoms in total. The van der Waals surface area contributed by atoms with Gasteiger partial charge in [-0.25, -0.2) is 0 Å². The third-order valence-corrected chi connectivity index (χ3v) is 1.74. The molecular weight excluding hydrogens is 250 g/mol. The van der Waals surface area contributed by atoms with E-state index in [1.807, 2.05) is 41.5 Å². The Labute approximate surface area is 136 Å². The zero-order valence-corrected chi connectivity index (χ0v) is 15.3. The van der Waals surface area contributed by atoms with Crippen LogP contribution >= 0.6 is 0 Å². The molecule has 0 radical (unpaired) electrons. The van der Waals surface area contributed by atoms with Gasteiger partial charge in [-0.15, -0.1) is 5.76 Å². The van der Waals surface area contributed by atoms with Crippen LogP contribution in [0.1, 0.15) is 41.5 Å². The molecule has 0 rings (SSSR count). The first kappa shape index (κ1) is 17.4. The van der Waals surface area contributed by atoms with Gasteiger partial charge in [-0.1, -0.05) is 41.5 Å². The summed E-state index contributed by atoms with van der Waals surface area (Å²) in [5, 5.41) is 11.4. The van der Waals surface area contributed by atoms with Crippen molar-refractivity contribution in [1.29, 1.82) is 0 Å². The average molecular weight is 269 g/mol. The fourth-order valence-electron chi connectivity index (χ4n) is 0.552. The van der Waals surface area contributed by atoms with Crippen LogP contribution in [-0.2, 0) is 4.79 Å². The smallest absolute Gasteiger partial charge is 0.875 e. The Morgan fingerprint density at radius 3 is 1.57 bits per heavy atom. The van der Waals surface area contributed by atoms with Crippen molar-refractivity contribution < 1.29 is 68.1 Å². The molecule has 0 aromatic carbocycles. The molecule has 0 aromatic rings. The largest absolute Gasteiger partial charge is 1.00 e. The van der Waals surface area contributed by atoms with Crippen molar-refractivity contribution in [3.63, 3.8) is 0 Å². The molecule has 76 valence electrons. The first-order valence-electron chi connectivity index (χ1n) is 4.49. The Bertz CT molecular complexity index is 229. The van der Waals surface area contributed by atoms with Crippen LogP contribution in [0, 0.1) is 10.8 Å². The van der Waals surface area contributed by atoms with E-state index in [2.05, 4.69) is 0 Å². The van der Waals surface area contributed by atoms with Crippen LogP contribution in [0.4, 0.5) is 0 Å². The third kappa shape index (κ3) is 6.49. The van der Waals surface area contributed by atoms with Crippen molar-refractivity contribution in [3.05, 3.63) is 11.8 Å². The minimum Gasteiger partial charge on any atom is -0.875 e. The van der Waals surface area contributed by atoms with E-state index in [0.29, 0.717) is 0 Å². The third-order valence-electron chi connectivity index (χ3n) is 1.74. The summed E-state index contributed by atoms with van der Waals surface area (Å²) < 4.78 is 0. The zero-order chi connectivity index (χ0) is 10.9. The van der Waals surface area contributed by atoms with E-state index in [4.69, 9.17) is 0 Å². The normalized spacial score (nSPS) is 13.4. The Morgan fingerprint density at radius 1 is 1.00 bits per heavy atom. The Balaban J connectivity index is 0. The van der Waals surface area contributed by atoms with Crippen molar-refractivity contribution in [3.8, 4) is 0 Å². The number of rotatable bonds is 1. The molecule has 0 aromatic heterocycles. The summed E-state index contributed by atoms with van der Waals surface area (Å²) in [6, 6.07) is 0. The summed E-state index contributed by atoms with van der Waals surface area (Å²) in [6.45, 7) is 10.8. The van der Waals surface area contributed by atoms with Crippen molar-refractivity contribution in [2.45, 2.75) is 41.5 Å². The second-order valence-corrected chi connectivity index (χ2v) is 5.37. The molecule has 0 unspecified atom stereocenters. The number of carbonyl (C=O) groups is 1. The standard InChI is InChI=1S/C11H20O2.Rb/c1-10(2,3)8(12)7-9(13)11(4,5)6;/h7,12H,1-6H3;/q;+1/p-1/b8-7-;. The van der Waals surface area contributed by atoms with Crippen LogP contribution in [0.25, 0.3) is 0 Å². The Morgan fingerprint density at radius 2 is 1.36 bits per heavy atom. The molecule has 0 heterocycles. The number of hydrogen-bond donors (Lipinski definition) is 0. The van der Waals surface area contributed by atoms with Crippen molar-refractivity contribution in [2.75, 3.05) is 0 Å². The van der Waals surface area contributed by atoms with Gasteiger partial charge in [0.1, 0.15) is 0 Å². The molecule has 0 saturated heterocycles. The van der Waals surface area contributed by atoms with Gasteiger partial charge in [0.25, 0.3) is 0 Å². The SMILES string of the molecule is CC(C)(C)C(=O)/C=C(\[O-])C(C)(C)C.[Rb+]. The van der Waals surface area contributed by atoms with Crippen LogP contribution < -0.4 is 63.3 Å². The van der Waals surface area contributed by atoms with Gasteiger partial charge >= 0.3 is 58.2 Å². The number of ketones is 1. The number of carbonyl (C=O) groups excluding carboxylic acids is 1. The minimum absolute atomic E-state index is 0. The first-order valence-corrected chi connectivity index (χ1v) is 4.49. The zero-order valence-electron chi connectivity index (χ0n) is 10.4. The topological polar surface area (TPSA) is 40.1 Å². The molecule has 0 spiro atoms. The van der Waals surface area contributed by atoms with E-state index in [9.17, 15) is 9.90 Å². The van der Waals surface area contributed by atoms with Crippen molar-refractivity contribution in [1.82, 2.24) is 0 Å². The van der Waals surface area contributed by atoms with Gasteiger partial charge in [0.2, 0.25) is 0 Å². The van der Waals surface area contributed by atoms with Gasteiger partial charge in [0, 0.05) is 5.41 Å². The second-order valence-electron chi connectivity index (χ2n) is 5.37. The van der Waals surface area contributed by atoms with Gasteiger partial charge in [-0.2, -0.15) is 0 Å². The van der Waals surface area contributed by atoms with Gasteiger partial charge in [0.05, 0.1) is 0 Å². The van der Waals surface area contributed by atoms with Gasteiger partial charge < -0.3 is 5.11 Å². The molecule has 0 N–H and O–H groups in total. The van der Waals surface area contributed by atoms with E-state index in [0.717, 1.165) is 0 Å². The number of hydrogen-bond acceptors (Lipinski definition) is 2. The summed E-state index contributed by atoms with van der Waals surface area (Å²) in [5.74, 6) is -0.208. The van der Waals surface area contributed by atoms with Gasteiger partial charge in [0.15, 0.2) is 5.78 Å². The van der Waals surface area contributed by atoms with Crippen LogP contribution in [0.3, 0.4) is 0 Å². The maximum Gasteiger partial charge on any atom is 1.00 e. The maximum atomic E-state index is 11.4. The van der Waals surface area contributed by atoms with Crippen molar-refractivity contribution in [2.24, 2.45) is 10.8 Å². The average Bonchev–Trinajstić information content (AvgIpc) is 1.82. The summed E-state index contributed by atoms with van der Waals surface area (Å²) in [6.07, 6.45) is 1.22. The molecule has 0 aliphatic heterocycles. The summed E-state index contributed by atoms with van der Waals surface area (Å²) >= 11 is 0. The van der Waals surface area contributed by atoms with Gasteiger partial charge in [-0.05, 0) is 11.5 Å². The summed E-state index contributed by atoms with van der Waals surface area (Å²) in [4.78, 5) is 11.4. The fraction of sp³-hybridized carbons (Fsp3) is 0.727. The number of allylic oxidation sites excluding steroid dienone is 2. The van der Waals surface area contributed by atoms with Crippen LogP contribution in [-0.4, -0.2) is 5.78 Å². The molecule has 0 atom stereocenters. The molecule has 0 fully saturated rings. The second kappa shape index (κ2) is 5.93. The molecule has 14 heavy (non-hydrogen) atoms. The van der Waals surface area contributed by atoms with Crippen LogP contribution in [0.15, 0.2) is 11.8 Å². The van der Waals surface area contributed by atoms with E-state index in [1.165, 1.54) is 6.08 Å². The predicted octanol–water partition coefficient (Wildman–Crippen LogP) is -1.10. The van der Waals surface area contributed by atoms with Crippen molar-refractivity contribution >= 4 is 5.78 Å². The first-order chi connectivity index (χ1) is 5.55. The molecule has 0 bridgehead atoms. The summed E-state index contributed by atoms with van der Waals surface area (Å²) in [5.41, 5.74) is -0.915. The van der Waals surface area contributed by atoms with E-state index in [-0.39, 0.29) is 69.7 Å². The van der Waals surface area contributed by atoms with E-state index < -0.39 is 10.8 Å². The monoisotopic (exact) mass is 268 g/mol. The molecule has 0 saturated carbocycles. The molecule has 0 amide bonds. The molecular formula is C11H19O2Rb. The summed E-state index contributed by atoms with van der Waals surface area (Å²) in [7, 11) is 0.